The van der Waals surface area contributed by atoms with Crippen LogP contribution in [0.25, 0.3) is 21.7 Å². The Bertz CT molecular complexity index is 1580. The van der Waals surface area contributed by atoms with E-state index in [4.69, 9.17) is 14.9 Å². The summed E-state index contributed by atoms with van der Waals surface area (Å²) in [6.45, 7) is 0. The summed E-state index contributed by atoms with van der Waals surface area (Å²) < 4.78 is 11.3. The smallest absolute Gasteiger partial charge is 0.345 e. The number of benzene rings is 3. The Morgan fingerprint density at radius 2 is 1.73 bits per heavy atom. The van der Waals surface area contributed by atoms with Crippen molar-refractivity contribution in [3.63, 3.8) is 0 Å². The molecule has 0 radical (unpaired) electrons. The number of allylic oxidation sites excluding steroid dienone is 1. The lowest BCUT2D eigenvalue weighted by atomic mass is 9.68. The predicted octanol–water partition coefficient (Wildman–Crippen LogP) is 3.51. The molecule has 1 aliphatic carbocycles. The Balaban J connectivity index is 1.89. The number of fused-ring (bicyclic) bond motifs is 5. The number of carbonyl (C=O) groups is 1. The highest BCUT2D eigenvalue weighted by molar-refractivity contribution is 6.24. The van der Waals surface area contributed by atoms with Gasteiger partial charge in [-0.3, -0.25) is 4.79 Å². The van der Waals surface area contributed by atoms with Crippen LogP contribution in [0.4, 0.5) is 0 Å². The molecule has 0 amide bonds. The van der Waals surface area contributed by atoms with Gasteiger partial charge in [-0.05, 0) is 28.5 Å². The van der Waals surface area contributed by atoms with Crippen LogP contribution in [-0.2, 0) is 5.41 Å². The number of hydrogen-bond donors (Lipinski definition) is 1. The lowest BCUT2D eigenvalue weighted by Crippen LogP contribution is -2.44. The maximum atomic E-state index is 13.9. The Hall–Kier alpha value is -4.37. The van der Waals surface area contributed by atoms with Gasteiger partial charge in [0.25, 0.3) is 0 Å². The Labute approximate surface area is 169 Å². The summed E-state index contributed by atoms with van der Waals surface area (Å²) in [5, 5.41) is 12.1. The van der Waals surface area contributed by atoms with Crippen LogP contribution in [0.3, 0.4) is 0 Å². The van der Waals surface area contributed by atoms with Crippen molar-refractivity contribution < 1.29 is 13.9 Å². The molecule has 6 nitrogen and oxygen atoms in total. The number of para-hydroxylation sites is 1. The van der Waals surface area contributed by atoms with E-state index in [2.05, 4.69) is 0 Å². The van der Waals surface area contributed by atoms with Gasteiger partial charge in [-0.25, -0.2) is 4.79 Å². The minimum absolute atomic E-state index is 0.0133. The number of nitrogens with two attached hydrogens (primary N) is 1. The zero-order valence-corrected chi connectivity index (χ0v) is 15.4. The van der Waals surface area contributed by atoms with Gasteiger partial charge in [0, 0.05) is 5.56 Å². The molecule has 0 saturated carbocycles. The van der Waals surface area contributed by atoms with Gasteiger partial charge >= 0.3 is 5.63 Å². The Morgan fingerprint density at radius 1 is 0.967 bits per heavy atom. The van der Waals surface area contributed by atoms with Crippen molar-refractivity contribution in [3.05, 3.63) is 99.2 Å². The van der Waals surface area contributed by atoms with Gasteiger partial charge in [0.2, 0.25) is 5.88 Å². The van der Waals surface area contributed by atoms with Gasteiger partial charge in [-0.2, -0.15) is 5.26 Å². The molecule has 6 heteroatoms. The van der Waals surface area contributed by atoms with Gasteiger partial charge in [0.1, 0.15) is 28.2 Å². The van der Waals surface area contributed by atoms with Crippen molar-refractivity contribution in [1.82, 2.24) is 0 Å². The molecule has 1 spiro atoms. The van der Waals surface area contributed by atoms with Crippen LogP contribution >= 0.6 is 0 Å². The second-order valence-corrected chi connectivity index (χ2v) is 7.33. The molecule has 2 heterocycles. The number of ketones is 1. The van der Waals surface area contributed by atoms with E-state index in [1.807, 2.05) is 18.2 Å². The summed E-state index contributed by atoms with van der Waals surface area (Å²) in [5.41, 5.74) is 4.89. The molecule has 3 aromatic carbocycles. The monoisotopic (exact) mass is 392 g/mol. The van der Waals surface area contributed by atoms with E-state index in [1.165, 1.54) is 0 Å². The fourth-order valence-electron chi connectivity index (χ4n) is 4.82. The molecule has 1 unspecified atom stereocenters. The first-order valence-corrected chi connectivity index (χ1v) is 9.30. The normalized spacial score (nSPS) is 19.2. The highest BCUT2D eigenvalue weighted by Gasteiger charge is 2.58. The standard InChI is InChI=1S/C24H12N2O4/c25-11-16-22(26)30-20-13-7-1-2-10-17(13)29-23(28)19(20)24(16)15-9-4-6-12-5-3-8-14(18(12)15)21(24)27/h1-10H,26H2. The third-order valence-electron chi connectivity index (χ3n) is 5.98. The molecule has 30 heavy (non-hydrogen) atoms. The quantitative estimate of drug-likeness (QED) is 0.459. The molecular weight excluding hydrogens is 380 g/mol. The molecule has 4 aromatic rings. The van der Waals surface area contributed by atoms with E-state index in [0.29, 0.717) is 27.5 Å². The minimum Gasteiger partial charge on any atom is -0.439 e. The van der Waals surface area contributed by atoms with Crippen LogP contribution in [0, 0.1) is 11.3 Å². The highest BCUT2D eigenvalue weighted by atomic mass is 16.5. The van der Waals surface area contributed by atoms with E-state index in [-0.39, 0.29) is 28.6 Å². The summed E-state index contributed by atoms with van der Waals surface area (Å²) in [4.78, 5) is 27.2. The topological polar surface area (TPSA) is 106 Å². The first-order valence-electron chi connectivity index (χ1n) is 9.30. The molecule has 0 fully saturated rings. The second kappa shape index (κ2) is 5.37. The van der Waals surface area contributed by atoms with Crippen LogP contribution in [0.2, 0.25) is 0 Å². The molecule has 1 aliphatic heterocycles. The van der Waals surface area contributed by atoms with Crippen molar-refractivity contribution in [1.29, 1.82) is 5.26 Å². The third-order valence-corrected chi connectivity index (χ3v) is 5.98. The first-order chi connectivity index (χ1) is 14.6. The number of hydrogen-bond acceptors (Lipinski definition) is 6. The molecule has 0 saturated heterocycles. The van der Waals surface area contributed by atoms with Crippen molar-refractivity contribution in [2.45, 2.75) is 5.41 Å². The third kappa shape index (κ3) is 1.69. The van der Waals surface area contributed by atoms with Gasteiger partial charge in [0.15, 0.2) is 11.5 Å². The molecule has 0 bridgehead atoms. The zero-order chi connectivity index (χ0) is 20.6. The molecule has 1 aromatic heterocycles. The lowest BCUT2D eigenvalue weighted by Gasteiger charge is -2.34. The molecule has 1 atom stereocenters. The van der Waals surface area contributed by atoms with Crippen molar-refractivity contribution in [2.75, 3.05) is 0 Å². The summed E-state index contributed by atoms with van der Waals surface area (Å²) in [7, 11) is 0. The van der Waals surface area contributed by atoms with E-state index in [1.54, 1.807) is 48.5 Å². The van der Waals surface area contributed by atoms with Gasteiger partial charge in [0.05, 0.1) is 5.39 Å². The molecular formula is C24H12N2O4. The molecule has 6 rings (SSSR count). The van der Waals surface area contributed by atoms with Crippen molar-refractivity contribution in [2.24, 2.45) is 5.73 Å². The number of nitrogens with zero attached hydrogens (tertiary/aromatic N) is 1. The van der Waals surface area contributed by atoms with Crippen molar-refractivity contribution in [3.8, 4) is 11.8 Å². The van der Waals surface area contributed by atoms with E-state index < -0.39 is 11.0 Å². The van der Waals surface area contributed by atoms with Crippen LogP contribution in [0.5, 0.6) is 5.75 Å². The number of Topliss-reactive ketones (excluding diaryl/α,β-unsaturated/α-hetero) is 1. The van der Waals surface area contributed by atoms with Gasteiger partial charge < -0.3 is 14.9 Å². The second-order valence-electron chi connectivity index (χ2n) is 7.33. The Morgan fingerprint density at radius 3 is 2.53 bits per heavy atom. The van der Waals surface area contributed by atoms with Crippen LogP contribution in [-0.4, -0.2) is 5.78 Å². The average molecular weight is 392 g/mol. The maximum Gasteiger partial charge on any atom is 0.345 e. The number of ether oxygens (including phenoxy) is 1. The fraction of sp³-hybridized carbons (Fsp3) is 0.0417. The van der Waals surface area contributed by atoms with Gasteiger partial charge in [-0.1, -0.05) is 48.5 Å². The number of rotatable bonds is 0. The van der Waals surface area contributed by atoms with Crippen molar-refractivity contribution >= 4 is 27.5 Å². The summed E-state index contributed by atoms with van der Waals surface area (Å²) in [6, 6.07) is 19.7. The van der Waals surface area contributed by atoms with E-state index in [0.717, 1.165) is 5.39 Å². The minimum atomic E-state index is -1.71. The molecule has 2 N–H and O–H groups in total. The SMILES string of the molecule is N#CC1=C(N)Oc2c(c(=O)oc3ccccc23)C12C(=O)c1cccc3cccc2c13. The summed E-state index contributed by atoms with van der Waals surface area (Å²) in [6.07, 6.45) is 0. The fourth-order valence-corrected chi connectivity index (χ4v) is 4.82. The van der Waals surface area contributed by atoms with E-state index in [9.17, 15) is 14.9 Å². The van der Waals surface area contributed by atoms with E-state index >= 15 is 0 Å². The maximum absolute atomic E-state index is 13.9. The predicted molar refractivity (Wildman–Crippen MR) is 109 cm³/mol. The van der Waals surface area contributed by atoms with Crippen LogP contribution < -0.4 is 16.1 Å². The van der Waals surface area contributed by atoms with Crippen LogP contribution in [0.1, 0.15) is 21.5 Å². The lowest BCUT2D eigenvalue weighted by molar-refractivity contribution is 0.0934. The summed E-state index contributed by atoms with van der Waals surface area (Å²) in [5.74, 6) is -0.434. The zero-order valence-electron chi connectivity index (χ0n) is 15.4. The highest BCUT2D eigenvalue weighted by Crippen LogP contribution is 2.55. The van der Waals surface area contributed by atoms with Crippen LogP contribution in [0.15, 0.2) is 81.3 Å². The molecule has 142 valence electrons. The number of nitriles is 1. The first kappa shape index (κ1) is 16.6. The number of carbonyl (C=O) groups excluding carboxylic acids is 1. The molecule has 2 aliphatic rings. The Kier molecular flexibility index (Phi) is 2.96. The summed E-state index contributed by atoms with van der Waals surface area (Å²) >= 11 is 0. The average Bonchev–Trinajstić information content (AvgIpc) is 2.99. The van der Waals surface area contributed by atoms with Gasteiger partial charge in [-0.15, -0.1) is 0 Å². The largest absolute Gasteiger partial charge is 0.439 e.